The zero-order valence-corrected chi connectivity index (χ0v) is 16.1. The Balaban J connectivity index is 1.70. The molecule has 1 N–H and O–H groups in total. The molecule has 0 saturated heterocycles. The van der Waals surface area contributed by atoms with Crippen LogP contribution in [-0.4, -0.2) is 27.7 Å². The third kappa shape index (κ3) is 3.27. The number of pyridine rings is 1. The predicted molar refractivity (Wildman–Crippen MR) is 106 cm³/mol. The van der Waals surface area contributed by atoms with Crippen molar-refractivity contribution < 1.29 is 9.53 Å². The van der Waals surface area contributed by atoms with E-state index in [1.54, 1.807) is 36.3 Å². The Morgan fingerprint density at radius 2 is 2.07 bits per heavy atom. The number of nitrogens with zero attached hydrogens (tertiary/aromatic N) is 3. The van der Waals surface area contributed by atoms with E-state index in [1.165, 1.54) is 11.3 Å². The molecule has 0 atom stereocenters. The van der Waals surface area contributed by atoms with Gasteiger partial charge in [0, 0.05) is 23.4 Å². The van der Waals surface area contributed by atoms with E-state index in [-0.39, 0.29) is 5.91 Å². The SMILES string of the molecule is CNC(=O)c1cc(-n2ncc3cc(Oc4ccccc4Cl)ncc32)c(C)s1. The molecule has 0 radical (unpaired) electrons. The maximum Gasteiger partial charge on any atom is 0.261 e. The molecule has 136 valence electrons. The number of para-hydroxylation sites is 1. The Bertz CT molecular complexity index is 1150. The quantitative estimate of drug-likeness (QED) is 0.545. The van der Waals surface area contributed by atoms with Gasteiger partial charge in [-0.25, -0.2) is 9.67 Å². The number of thiophene rings is 1. The van der Waals surface area contributed by atoms with Crippen molar-refractivity contribution >= 4 is 39.7 Å². The second kappa shape index (κ2) is 7.02. The van der Waals surface area contributed by atoms with Crippen molar-refractivity contribution in [1.82, 2.24) is 20.1 Å². The fraction of sp³-hybridized carbons (Fsp3) is 0.105. The smallest absolute Gasteiger partial charge is 0.261 e. The van der Waals surface area contributed by atoms with Crippen LogP contribution in [0.25, 0.3) is 16.6 Å². The largest absolute Gasteiger partial charge is 0.437 e. The number of amides is 1. The van der Waals surface area contributed by atoms with Crippen molar-refractivity contribution in [2.24, 2.45) is 0 Å². The van der Waals surface area contributed by atoms with Crippen molar-refractivity contribution in [1.29, 1.82) is 0 Å². The fourth-order valence-corrected chi connectivity index (χ4v) is 3.83. The summed E-state index contributed by atoms with van der Waals surface area (Å²) >= 11 is 7.56. The highest BCUT2D eigenvalue weighted by atomic mass is 35.5. The number of hydrogen-bond donors (Lipinski definition) is 1. The Labute approximate surface area is 164 Å². The van der Waals surface area contributed by atoms with Crippen LogP contribution in [0.4, 0.5) is 0 Å². The molecule has 4 rings (SSSR count). The lowest BCUT2D eigenvalue weighted by Gasteiger charge is -2.07. The van der Waals surface area contributed by atoms with E-state index < -0.39 is 0 Å². The first-order valence-corrected chi connectivity index (χ1v) is 9.35. The second-order valence-corrected chi connectivity index (χ2v) is 7.46. The van der Waals surface area contributed by atoms with Gasteiger partial charge in [-0.3, -0.25) is 4.79 Å². The van der Waals surface area contributed by atoms with E-state index in [9.17, 15) is 4.79 Å². The maximum absolute atomic E-state index is 11.9. The van der Waals surface area contributed by atoms with E-state index >= 15 is 0 Å². The van der Waals surface area contributed by atoms with Crippen LogP contribution in [-0.2, 0) is 0 Å². The van der Waals surface area contributed by atoms with Crippen molar-refractivity contribution in [3.05, 3.63) is 63.6 Å². The van der Waals surface area contributed by atoms with E-state index in [0.717, 1.165) is 21.5 Å². The normalized spacial score (nSPS) is 10.9. The van der Waals surface area contributed by atoms with Gasteiger partial charge in [-0.2, -0.15) is 5.10 Å². The molecular weight excluding hydrogens is 384 g/mol. The van der Waals surface area contributed by atoms with Gasteiger partial charge in [-0.15, -0.1) is 11.3 Å². The van der Waals surface area contributed by atoms with Gasteiger partial charge in [0.1, 0.15) is 5.75 Å². The molecule has 0 unspecified atom stereocenters. The summed E-state index contributed by atoms with van der Waals surface area (Å²) in [5, 5.41) is 8.50. The summed E-state index contributed by atoms with van der Waals surface area (Å²) in [4.78, 5) is 17.9. The number of nitrogens with one attached hydrogen (secondary N) is 1. The number of carbonyl (C=O) groups excluding carboxylic acids is 1. The first-order chi connectivity index (χ1) is 13.1. The monoisotopic (exact) mass is 398 g/mol. The highest BCUT2D eigenvalue weighted by molar-refractivity contribution is 7.14. The molecule has 0 aliphatic heterocycles. The van der Waals surface area contributed by atoms with Gasteiger partial charge in [-0.1, -0.05) is 23.7 Å². The number of aryl methyl sites for hydroxylation is 1. The van der Waals surface area contributed by atoms with Crippen LogP contribution < -0.4 is 10.1 Å². The van der Waals surface area contributed by atoms with E-state index in [0.29, 0.717) is 21.5 Å². The third-order valence-corrected chi connectivity index (χ3v) is 5.40. The van der Waals surface area contributed by atoms with Crippen LogP contribution in [0.5, 0.6) is 11.6 Å². The molecule has 3 aromatic heterocycles. The summed E-state index contributed by atoms with van der Waals surface area (Å²) in [6.45, 7) is 1.96. The van der Waals surface area contributed by atoms with E-state index in [1.807, 2.05) is 31.2 Å². The van der Waals surface area contributed by atoms with Gasteiger partial charge in [0.2, 0.25) is 5.88 Å². The lowest BCUT2D eigenvalue weighted by Crippen LogP contribution is -2.16. The molecule has 6 nitrogen and oxygen atoms in total. The summed E-state index contributed by atoms with van der Waals surface area (Å²) in [7, 11) is 1.62. The molecule has 1 amide bonds. The molecule has 0 saturated carbocycles. The predicted octanol–water partition coefficient (Wildman–Crippen LogP) is 4.60. The number of ether oxygens (including phenoxy) is 1. The minimum atomic E-state index is -0.112. The summed E-state index contributed by atoms with van der Waals surface area (Å²) < 4.78 is 7.55. The average Bonchev–Trinajstić information content (AvgIpc) is 3.25. The van der Waals surface area contributed by atoms with Crippen LogP contribution in [0.3, 0.4) is 0 Å². The highest BCUT2D eigenvalue weighted by Gasteiger charge is 2.15. The van der Waals surface area contributed by atoms with Gasteiger partial charge in [0.05, 0.1) is 33.5 Å². The second-order valence-electron chi connectivity index (χ2n) is 5.80. The first kappa shape index (κ1) is 17.5. The number of carbonyl (C=O) groups is 1. The van der Waals surface area contributed by atoms with Gasteiger partial charge in [0.15, 0.2) is 0 Å². The fourth-order valence-electron chi connectivity index (χ4n) is 2.71. The van der Waals surface area contributed by atoms with Gasteiger partial charge < -0.3 is 10.1 Å². The molecule has 3 heterocycles. The lowest BCUT2D eigenvalue weighted by atomic mass is 10.3. The molecule has 0 fully saturated rings. The standard InChI is InChI=1S/C19H15ClN4O2S/c1-11-14(8-17(27-11)19(25)21-2)24-15-10-22-18(7-12(15)9-23-24)26-16-6-4-3-5-13(16)20/h3-10H,1-2H3,(H,21,25). The molecular formula is C19H15ClN4O2S. The first-order valence-electron chi connectivity index (χ1n) is 8.16. The van der Waals surface area contributed by atoms with Gasteiger partial charge in [0.25, 0.3) is 5.91 Å². The van der Waals surface area contributed by atoms with E-state index in [4.69, 9.17) is 16.3 Å². The number of fused-ring (bicyclic) bond motifs is 1. The highest BCUT2D eigenvalue weighted by Crippen LogP contribution is 2.31. The van der Waals surface area contributed by atoms with Crippen LogP contribution in [0.2, 0.25) is 5.02 Å². The summed E-state index contributed by atoms with van der Waals surface area (Å²) in [6, 6.07) is 10.9. The molecule has 0 bridgehead atoms. The van der Waals surface area contributed by atoms with Crippen molar-refractivity contribution in [3.8, 4) is 17.3 Å². The Morgan fingerprint density at radius 1 is 1.26 bits per heavy atom. The van der Waals surface area contributed by atoms with Crippen LogP contribution in [0.1, 0.15) is 14.5 Å². The molecule has 0 aliphatic carbocycles. The molecule has 0 spiro atoms. The maximum atomic E-state index is 11.9. The van der Waals surface area contributed by atoms with Crippen LogP contribution in [0.15, 0.2) is 48.8 Å². The third-order valence-electron chi connectivity index (χ3n) is 4.05. The lowest BCUT2D eigenvalue weighted by molar-refractivity contribution is 0.0967. The Morgan fingerprint density at radius 3 is 2.85 bits per heavy atom. The number of hydrogen-bond acceptors (Lipinski definition) is 5. The number of halogens is 1. The van der Waals surface area contributed by atoms with Crippen LogP contribution >= 0.6 is 22.9 Å². The molecule has 4 aromatic rings. The number of benzene rings is 1. The molecule has 27 heavy (non-hydrogen) atoms. The topological polar surface area (TPSA) is 69.0 Å². The molecule has 1 aromatic carbocycles. The van der Waals surface area contributed by atoms with Gasteiger partial charge >= 0.3 is 0 Å². The van der Waals surface area contributed by atoms with Crippen molar-refractivity contribution in [2.45, 2.75) is 6.92 Å². The van der Waals surface area contributed by atoms with Crippen molar-refractivity contribution in [2.75, 3.05) is 7.05 Å². The van der Waals surface area contributed by atoms with Crippen molar-refractivity contribution in [3.63, 3.8) is 0 Å². The Hall–Kier alpha value is -2.90. The van der Waals surface area contributed by atoms with Crippen LogP contribution in [0, 0.1) is 6.92 Å². The minimum absolute atomic E-state index is 0.112. The summed E-state index contributed by atoms with van der Waals surface area (Å²) in [5.74, 6) is 0.866. The number of rotatable bonds is 4. The zero-order chi connectivity index (χ0) is 19.0. The minimum Gasteiger partial charge on any atom is -0.437 e. The zero-order valence-electron chi connectivity index (χ0n) is 14.6. The average molecular weight is 399 g/mol. The summed E-state index contributed by atoms with van der Waals surface area (Å²) in [5.41, 5.74) is 1.68. The summed E-state index contributed by atoms with van der Waals surface area (Å²) in [6.07, 6.45) is 3.44. The molecule has 8 heteroatoms. The number of aromatic nitrogens is 3. The van der Waals surface area contributed by atoms with E-state index in [2.05, 4.69) is 15.4 Å². The molecule has 0 aliphatic rings. The van der Waals surface area contributed by atoms with Gasteiger partial charge in [-0.05, 0) is 25.1 Å². The Kier molecular flexibility index (Phi) is 4.55.